The van der Waals surface area contributed by atoms with Gasteiger partial charge in [0.05, 0.1) is 0 Å². The smallest absolute Gasteiger partial charge is 0.246 e. The summed E-state index contributed by atoms with van der Waals surface area (Å²) < 4.78 is 4.78. The maximum absolute atomic E-state index is 11.3. The van der Waals surface area contributed by atoms with Crippen LogP contribution >= 0.6 is 0 Å². The summed E-state index contributed by atoms with van der Waals surface area (Å²) in [5.74, 6) is 0.676. The molecule has 0 saturated heterocycles. The van der Waals surface area contributed by atoms with Crippen LogP contribution in [-0.2, 0) is 9.53 Å². The van der Waals surface area contributed by atoms with Gasteiger partial charge in [-0.1, -0.05) is 19.3 Å². The molecule has 82 valence electrons. The van der Waals surface area contributed by atoms with Gasteiger partial charge in [-0.05, 0) is 25.7 Å². The van der Waals surface area contributed by atoms with Crippen molar-refractivity contribution in [1.82, 2.24) is 5.32 Å². The monoisotopic (exact) mass is 199 g/mol. The van der Waals surface area contributed by atoms with E-state index < -0.39 is 0 Å². The summed E-state index contributed by atoms with van der Waals surface area (Å²) in [5.41, 5.74) is 0. The minimum atomic E-state index is 0.00516. The van der Waals surface area contributed by atoms with Gasteiger partial charge in [0.15, 0.2) is 0 Å². The van der Waals surface area contributed by atoms with Crippen LogP contribution in [0.3, 0.4) is 0 Å². The fourth-order valence-electron chi connectivity index (χ4n) is 2.18. The Morgan fingerprint density at radius 3 is 2.64 bits per heavy atom. The van der Waals surface area contributed by atoms with Crippen molar-refractivity contribution in [2.45, 2.75) is 45.1 Å². The zero-order valence-corrected chi connectivity index (χ0v) is 9.21. The van der Waals surface area contributed by atoms with Crippen molar-refractivity contribution >= 4 is 5.91 Å². The lowest BCUT2D eigenvalue weighted by atomic mass is 9.84. The number of carbonyl (C=O) groups excluding carboxylic acids is 1. The lowest BCUT2D eigenvalue weighted by Crippen LogP contribution is -2.40. The van der Waals surface area contributed by atoms with Gasteiger partial charge in [-0.15, -0.1) is 0 Å². The number of rotatable bonds is 4. The predicted molar refractivity (Wildman–Crippen MR) is 56.1 cm³/mol. The highest BCUT2D eigenvalue weighted by atomic mass is 16.5. The highest BCUT2D eigenvalue weighted by molar-refractivity contribution is 5.77. The second kappa shape index (κ2) is 6.02. The number of amides is 1. The van der Waals surface area contributed by atoms with Crippen LogP contribution in [0.1, 0.15) is 39.0 Å². The SMILES string of the molecule is COCC(=O)NC(C)C1CCCCC1. The Kier molecular flexibility index (Phi) is 4.94. The number of methoxy groups -OCH3 is 1. The number of hydrogen-bond donors (Lipinski definition) is 1. The van der Waals surface area contributed by atoms with Crippen molar-refractivity contribution in [2.75, 3.05) is 13.7 Å². The number of hydrogen-bond acceptors (Lipinski definition) is 2. The minimum Gasteiger partial charge on any atom is -0.375 e. The average molecular weight is 199 g/mol. The zero-order chi connectivity index (χ0) is 10.4. The van der Waals surface area contributed by atoms with Crippen LogP contribution in [0.4, 0.5) is 0 Å². The highest BCUT2D eigenvalue weighted by Gasteiger charge is 2.20. The van der Waals surface area contributed by atoms with Crippen LogP contribution in [0.25, 0.3) is 0 Å². The molecule has 1 unspecified atom stereocenters. The first-order valence-corrected chi connectivity index (χ1v) is 5.52. The van der Waals surface area contributed by atoms with Gasteiger partial charge >= 0.3 is 0 Å². The van der Waals surface area contributed by atoms with Crippen molar-refractivity contribution in [1.29, 1.82) is 0 Å². The maximum atomic E-state index is 11.3. The van der Waals surface area contributed by atoms with E-state index in [0.717, 1.165) is 0 Å². The molecule has 0 aromatic rings. The summed E-state index contributed by atoms with van der Waals surface area (Å²) in [4.78, 5) is 11.3. The Hall–Kier alpha value is -0.570. The van der Waals surface area contributed by atoms with Crippen molar-refractivity contribution in [3.05, 3.63) is 0 Å². The van der Waals surface area contributed by atoms with Crippen LogP contribution in [0.15, 0.2) is 0 Å². The van der Waals surface area contributed by atoms with E-state index >= 15 is 0 Å². The van der Waals surface area contributed by atoms with Gasteiger partial charge in [-0.3, -0.25) is 4.79 Å². The molecule has 1 rings (SSSR count). The summed E-state index contributed by atoms with van der Waals surface area (Å²) in [6.45, 7) is 2.28. The molecule has 1 aliphatic rings. The molecule has 0 heterocycles. The largest absolute Gasteiger partial charge is 0.375 e. The molecule has 3 nitrogen and oxygen atoms in total. The number of ether oxygens (including phenoxy) is 1. The van der Waals surface area contributed by atoms with Crippen LogP contribution in [0.2, 0.25) is 0 Å². The van der Waals surface area contributed by atoms with E-state index in [0.29, 0.717) is 12.0 Å². The van der Waals surface area contributed by atoms with E-state index in [1.165, 1.54) is 32.1 Å². The molecule has 0 bridgehead atoms. The van der Waals surface area contributed by atoms with E-state index in [1.54, 1.807) is 7.11 Å². The summed E-state index contributed by atoms with van der Waals surface area (Å²) in [6.07, 6.45) is 6.50. The van der Waals surface area contributed by atoms with Crippen LogP contribution < -0.4 is 5.32 Å². The lowest BCUT2D eigenvalue weighted by Gasteiger charge is -2.28. The topological polar surface area (TPSA) is 38.3 Å². The fraction of sp³-hybridized carbons (Fsp3) is 0.909. The Balaban J connectivity index is 2.25. The van der Waals surface area contributed by atoms with E-state index in [1.807, 2.05) is 0 Å². The first-order valence-electron chi connectivity index (χ1n) is 5.52. The fourth-order valence-corrected chi connectivity index (χ4v) is 2.18. The molecule has 14 heavy (non-hydrogen) atoms. The molecule has 0 aromatic carbocycles. The maximum Gasteiger partial charge on any atom is 0.246 e. The van der Waals surface area contributed by atoms with Crippen molar-refractivity contribution in [2.24, 2.45) is 5.92 Å². The number of carbonyl (C=O) groups is 1. The Morgan fingerprint density at radius 1 is 1.43 bits per heavy atom. The van der Waals surface area contributed by atoms with Gasteiger partial charge in [0, 0.05) is 13.2 Å². The Bertz CT molecular complexity index is 176. The Labute approximate surface area is 86.2 Å². The van der Waals surface area contributed by atoms with Crippen LogP contribution in [0, 0.1) is 5.92 Å². The summed E-state index contributed by atoms with van der Waals surface area (Å²) in [5, 5.41) is 2.99. The second-order valence-corrected chi connectivity index (χ2v) is 4.19. The van der Waals surface area contributed by atoms with E-state index in [2.05, 4.69) is 12.2 Å². The van der Waals surface area contributed by atoms with Crippen molar-refractivity contribution in [3.63, 3.8) is 0 Å². The quantitative estimate of drug-likeness (QED) is 0.748. The van der Waals surface area contributed by atoms with Crippen LogP contribution in [-0.4, -0.2) is 25.7 Å². The van der Waals surface area contributed by atoms with E-state index in [9.17, 15) is 4.79 Å². The van der Waals surface area contributed by atoms with Crippen molar-refractivity contribution in [3.8, 4) is 0 Å². The molecule has 1 N–H and O–H groups in total. The van der Waals surface area contributed by atoms with Gasteiger partial charge in [0.25, 0.3) is 0 Å². The van der Waals surface area contributed by atoms with Gasteiger partial charge < -0.3 is 10.1 Å². The molecular formula is C11H21NO2. The molecule has 1 atom stereocenters. The first-order chi connectivity index (χ1) is 6.74. The zero-order valence-electron chi connectivity index (χ0n) is 9.21. The molecule has 0 radical (unpaired) electrons. The third-order valence-corrected chi connectivity index (χ3v) is 3.02. The van der Waals surface area contributed by atoms with Crippen LogP contribution in [0.5, 0.6) is 0 Å². The lowest BCUT2D eigenvalue weighted by molar-refractivity contribution is -0.125. The minimum absolute atomic E-state index is 0.00516. The van der Waals surface area contributed by atoms with Gasteiger partial charge in [-0.2, -0.15) is 0 Å². The van der Waals surface area contributed by atoms with Gasteiger partial charge in [-0.25, -0.2) is 0 Å². The molecule has 1 saturated carbocycles. The second-order valence-electron chi connectivity index (χ2n) is 4.19. The van der Waals surface area contributed by atoms with Crippen molar-refractivity contribution < 1.29 is 9.53 Å². The third-order valence-electron chi connectivity index (χ3n) is 3.02. The van der Waals surface area contributed by atoms with Gasteiger partial charge in [0.2, 0.25) is 5.91 Å². The van der Waals surface area contributed by atoms with E-state index in [-0.39, 0.29) is 12.5 Å². The average Bonchev–Trinajstić information content (AvgIpc) is 2.19. The molecule has 1 aliphatic carbocycles. The molecule has 0 aliphatic heterocycles. The molecule has 1 fully saturated rings. The molecule has 1 amide bonds. The first kappa shape index (κ1) is 11.5. The summed E-state index contributed by atoms with van der Waals surface area (Å²) >= 11 is 0. The highest BCUT2D eigenvalue weighted by Crippen LogP contribution is 2.26. The summed E-state index contributed by atoms with van der Waals surface area (Å²) in [7, 11) is 1.55. The van der Waals surface area contributed by atoms with Gasteiger partial charge in [0.1, 0.15) is 6.61 Å². The third kappa shape index (κ3) is 3.66. The number of nitrogens with one attached hydrogen (secondary N) is 1. The molecule has 0 spiro atoms. The molecule has 0 aromatic heterocycles. The predicted octanol–water partition coefficient (Wildman–Crippen LogP) is 1.72. The normalized spacial score (nSPS) is 20.4. The molecule has 3 heteroatoms. The summed E-state index contributed by atoms with van der Waals surface area (Å²) in [6, 6.07) is 0.304. The van der Waals surface area contributed by atoms with E-state index in [4.69, 9.17) is 4.74 Å². The Morgan fingerprint density at radius 2 is 2.07 bits per heavy atom. The standard InChI is InChI=1S/C11H21NO2/c1-9(12-11(13)8-14-2)10-6-4-3-5-7-10/h9-10H,3-8H2,1-2H3,(H,12,13). The molecular weight excluding hydrogens is 178 g/mol.